The number of hydrogen-bond acceptors (Lipinski definition) is 3. The Morgan fingerprint density at radius 3 is 2.58 bits per heavy atom. The van der Waals surface area contributed by atoms with Crippen molar-refractivity contribution in [3.05, 3.63) is 190 Å². The highest BCUT2D eigenvalue weighted by molar-refractivity contribution is 5.67. The van der Waals surface area contributed by atoms with Gasteiger partial charge in [-0.1, -0.05) is 111 Å². The summed E-state index contributed by atoms with van der Waals surface area (Å²) in [4.78, 5) is 11.8. The number of anilines is 2. The molecule has 0 saturated heterocycles. The molecule has 50 heavy (non-hydrogen) atoms. The number of aryl methyl sites for hydroxylation is 1. The van der Waals surface area contributed by atoms with Crippen molar-refractivity contribution in [1.29, 1.82) is 0 Å². The van der Waals surface area contributed by atoms with E-state index in [9.17, 15) is 0 Å². The van der Waals surface area contributed by atoms with Crippen LogP contribution in [-0.4, -0.2) is 16.0 Å². The zero-order valence-electron chi connectivity index (χ0n) is 29.9. The lowest BCUT2D eigenvalue weighted by Crippen LogP contribution is -2.28. The molecule has 3 heterocycles. The number of pyridine rings is 2. The van der Waals surface area contributed by atoms with Crippen molar-refractivity contribution in [2.75, 3.05) is 4.90 Å². The first-order valence-electron chi connectivity index (χ1n) is 18.4. The van der Waals surface area contributed by atoms with Crippen LogP contribution in [0.5, 0.6) is 0 Å². The van der Waals surface area contributed by atoms with Crippen molar-refractivity contribution < 1.29 is 0 Å². The van der Waals surface area contributed by atoms with E-state index >= 15 is 0 Å². The molecule has 0 saturated carbocycles. The molecule has 252 valence electrons. The fraction of sp³-hybridized carbons (Fsp3) is 0.277. The molecule has 3 nitrogen and oxygen atoms in total. The molecule has 3 aliphatic carbocycles. The van der Waals surface area contributed by atoms with Crippen molar-refractivity contribution >= 4 is 11.6 Å². The predicted octanol–water partition coefficient (Wildman–Crippen LogP) is 12.0. The van der Waals surface area contributed by atoms with E-state index in [2.05, 4.69) is 135 Å². The quantitative estimate of drug-likeness (QED) is 0.230. The summed E-state index contributed by atoms with van der Waals surface area (Å²) in [5.74, 6) is 2.77. The van der Waals surface area contributed by atoms with Crippen LogP contribution in [0.1, 0.15) is 86.5 Å². The summed E-state index contributed by atoms with van der Waals surface area (Å²) in [5, 5.41) is 0. The van der Waals surface area contributed by atoms with Crippen LogP contribution in [0, 0.1) is 6.92 Å². The molecular weight excluding hydrogens is 607 g/mol. The highest BCUT2D eigenvalue weighted by atomic mass is 15.3. The monoisotopic (exact) mass is 655 g/mol. The Hall–Kier alpha value is -5.02. The minimum absolute atomic E-state index is 0.271. The van der Waals surface area contributed by atoms with Crippen molar-refractivity contribution in [2.45, 2.75) is 83.6 Å². The third-order valence-electron chi connectivity index (χ3n) is 10.9. The maximum Gasteiger partial charge on any atom is 0.137 e. The number of benzene rings is 1. The molecule has 0 bridgehead atoms. The number of fused-ring (bicyclic) bond motifs is 1. The van der Waals surface area contributed by atoms with Gasteiger partial charge in [-0.2, -0.15) is 0 Å². The van der Waals surface area contributed by atoms with E-state index in [0.29, 0.717) is 11.8 Å². The molecular formula is C47H49N3. The first kappa shape index (κ1) is 33.5. The maximum absolute atomic E-state index is 4.83. The summed E-state index contributed by atoms with van der Waals surface area (Å²) in [5.41, 5.74) is 13.3. The molecule has 3 heteroatoms. The molecule has 0 spiro atoms. The van der Waals surface area contributed by atoms with Gasteiger partial charge in [-0.25, -0.2) is 9.97 Å². The smallest absolute Gasteiger partial charge is 0.137 e. The van der Waals surface area contributed by atoms with E-state index in [-0.39, 0.29) is 6.04 Å². The Morgan fingerprint density at radius 2 is 1.78 bits per heavy atom. The third kappa shape index (κ3) is 7.01. The van der Waals surface area contributed by atoms with E-state index in [0.717, 1.165) is 55.7 Å². The summed E-state index contributed by atoms with van der Waals surface area (Å²) < 4.78 is 0. The fourth-order valence-corrected chi connectivity index (χ4v) is 8.08. The normalized spacial score (nSPS) is 21.5. The lowest BCUT2D eigenvalue weighted by molar-refractivity contribution is 0.509. The van der Waals surface area contributed by atoms with Crippen LogP contribution in [0.15, 0.2) is 168 Å². The summed E-state index contributed by atoms with van der Waals surface area (Å²) in [6.07, 6.45) is 35.9. The summed E-state index contributed by atoms with van der Waals surface area (Å²) in [6.45, 7) is 11.7. The average molecular weight is 656 g/mol. The fourth-order valence-electron chi connectivity index (χ4n) is 8.08. The second-order valence-corrected chi connectivity index (χ2v) is 14.2. The van der Waals surface area contributed by atoms with Gasteiger partial charge < -0.3 is 4.90 Å². The highest BCUT2D eigenvalue weighted by Gasteiger charge is 2.38. The van der Waals surface area contributed by atoms with E-state index in [1.165, 1.54) is 56.5 Å². The van der Waals surface area contributed by atoms with Gasteiger partial charge in [0.15, 0.2) is 0 Å². The SMILES string of the molecule is C=C(C1=CC=CCCC1)C1=C(/C(Cc2ccc(C(C)CC3c4cccnc4N(c4ccccn4)C3C)cc2C)=C2/C=CC=CC2)C=CCC=C1. The molecule has 0 N–H and O–H groups in total. The number of rotatable bonds is 9. The van der Waals surface area contributed by atoms with Crippen LogP contribution in [-0.2, 0) is 6.42 Å². The molecule has 1 aliphatic heterocycles. The van der Waals surface area contributed by atoms with Gasteiger partial charge in [-0.05, 0) is 133 Å². The molecule has 2 aromatic heterocycles. The summed E-state index contributed by atoms with van der Waals surface area (Å²) in [7, 11) is 0. The topological polar surface area (TPSA) is 29.0 Å². The molecule has 0 amide bonds. The Balaban J connectivity index is 1.18. The largest absolute Gasteiger partial charge is 0.307 e. The van der Waals surface area contributed by atoms with Gasteiger partial charge in [0, 0.05) is 29.9 Å². The van der Waals surface area contributed by atoms with Gasteiger partial charge in [0.25, 0.3) is 0 Å². The molecule has 1 aromatic carbocycles. The Labute approximate surface area is 299 Å². The molecule has 3 aromatic rings. The number of nitrogens with zero attached hydrogens (tertiary/aromatic N) is 3. The number of aromatic nitrogens is 2. The van der Waals surface area contributed by atoms with E-state index in [4.69, 9.17) is 16.5 Å². The highest BCUT2D eigenvalue weighted by Crippen LogP contribution is 2.47. The first-order valence-corrected chi connectivity index (χ1v) is 18.4. The molecule has 3 atom stereocenters. The average Bonchev–Trinajstić information content (AvgIpc) is 3.42. The molecule has 4 aliphatic rings. The lowest BCUT2D eigenvalue weighted by atomic mass is 9.82. The van der Waals surface area contributed by atoms with Crippen molar-refractivity contribution in [3.8, 4) is 0 Å². The van der Waals surface area contributed by atoms with Gasteiger partial charge in [0.05, 0.1) is 0 Å². The molecule has 7 rings (SSSR count). The van der Waals surface area contributed by atoms with Gasteiger partial charge in [0.2, 0.25) is 0 Å². The van der Waals surface area contributed by atoms with Gasteiger partial charge in [0.1, 0.15) is 11.6 Å². The van der Waals surface area contributed by atoms with Crippen molar-refractivity contribution in [1.82, 2.24) is 9.97 Å². The van der Waals surface area contributed by atoms with Crippen LogP contribution >= 0.6 is 0 Å². The Morgan fingerprint density at radius 1 is 0.920 bits per heavy atom. The van der Waals surface area contributed by atoms with E-state index < -0.39 is 0 Å². The number of hydrogen-bond donors (Lipinski definition) is 0. The van der Waals surface area contributed by atoms with E-state index in [1.807, 2.05) is 18.5 Å². The van der Waals surface area contributed by atoms with Crippen LogP contribution < -0.4 is 4.90 Å². The lowest BCUT2D eigenvalue weighted by Gasteiger charge is -2.27. The summed E-state index contributed by atoms with van der Waals surface area (Å²) >= 11 is 0. The van der Waals surface area contributed by atoms with Crippen molar-refractivity contribution in [2.24, 2.45) is 0 Å². The van der Waals surface area contributed by atoms with Crippen LogP contribution in [0.4, 0.5) is 11.6 Å². The Bertz CT molecular complexity index is 1990. The molecule has 3 unspecified atom stereocenters. The van der Waals surface area contributed by atoms with Crippen LogP contribution in [0.25, 0.3) is 0 Å². The van der Waals surface area contributed by atoms with Gasteiger partial charge >= 0.3 is 0 Å². The second kappa shape index (κ2) is 15.3. The summed E-state index contributed by atoms with van der Waals surface area (Å²) in [6, 6.07) is 17.9. The van der Waals surface area contributed by atoms with Gasteiger partial charge in [-0.15, -0.1) is 0 Å². The van der Waals surface area contributed by atoms with Gasteiger partial charge in [-0.3, -0.25) is 0 Å². The zero-order chi connectivity index (χ0) is 34.5. The third-order valence-corrected chi connectivity index (χ3v) is 10.9. The van der Waals surface area contributed by atoms with Crippen LogP contribution in [0.3, 0.4) is 0 Å². The minimum Gasteiger partial charge on any atom is -0.307 e. The first-order chi connectivity index (χ1) is 24.5. The molecule has 0 radical (unpaired) electrons. The van der Waals surface area contributed by atoms with Crippen LogP contribution in [0.2, 0.25) is 0 Å². The zero-order valence-corrected chi connectivity index (χ0v) is 29.9. The van der Waals surface area contributed by atoms with Crippen molar-refractivity contribution in [3.63, 3.8) is 0 Å². The number of allylic oxidation sites excluding steroid dienone is 17. The predicted molar refractivity (Wildman–Crippen MR) is 211 cm³/mol. The Kier molecular flexibility index (Phi) is 10.2. The maximum atomic E-state index is 4.83. The standard InChI is InChI=1S/C47H49N3/c1-33-30-39(34(2)31-44-36(4)50(46-25-15-16-28-48-46)47-43(44)24-17-29-49-47)26-27-40(33)32-45(38-20-11-7-12-21-38)42-23-14-8-13-22-41(42)35(3)37-18-9-5-6-10-19-37/h5,7,9,11-18,20,22-30,34,36,44H,3,6,8,10,19,21,31-32H2,1-2,4H3/b45-38-. The molecule has 0 fully saturated rings. The van der Waals surface area contributed by atoms with E-state index in [1.54, 1.807) is 0 Å². The minimum atomic E-state index is 0.271. The second-order valence-electron chi connectivity index (χ2n) is 14.2.